The first-order valence-electron chi connectivity index (χ1n) is 6.25. The normalized spacial score (nSPS) is 10.1. The second kappa shape index (κ2) is 6.56. The van der Waals surface area contributed by atoms with E-state index in [1.165, 1.54) is 7.11 Å². The lowest BCUT2D eigenvalue weighted by molar-refractivity contribution is 0.0951. The lowest BCUT2D eigenvalue weighted by Gasteiger charge is -2.09. The van der Waals surface area contributed by atoms with Crippen LogP contribution in [-0.2, 0) is 6.42 Å². The van der Waals surface area contributed by atoms with E-state index in [1.807, 2.05) is 12.1 Å². The van der Waals surface area contributed by atoms with Crippen LogP contribution in [0.5, 0.6) is 11.5 Å². The molecular formula is C15H16N2O3. The Balaban J connectivity index is 1.95. The molecule has 0 fully saturated rings. The number of amides is 1. The summed E-state index contributed by atoms with van der Waals surface area (Å²) >= 11 is 0. The minimum atomic E-state index is -0.328. The Morgan fingerprint density at radius 3 is 2.90 bits per heavy atom. The van der Waals surface area contributed by atoms with Crippen molar-refractivity contribution in [2.45, 2.75) is 6.42 Å². The smallest absolute Gasteiger partial charge is 0.255 e. The van der Waals surface area contributed by atoms with Crippen molar-refractivity contribution >= 4 is 5.91 Å². The molecule has 0 aliphatic heterocycles. The molecule has 20 heavy (non-hydrogen) atoms. The molecule has 0 aliphatic rings. The molecule has 1 aromatic heterocycles. The number of phenolic OH excluding ortho intramolecular Hbond substituents is 1. The number of pyridine rings is 1. The number of hydrogen-bond acceptors (Lipinski definition) is 4. The van der Waals surface area contributed by atoms with Gasteiger partial charge in [0.1, 0.15) is 0 Å². The number of rotatable bonds is 5. The number of methoxy groups -OCH3 is 1. The van der Waals surface area contributed by atoms with Crippen LogP contribution < -0.4 is 10.1 Å². The summed E-state index contributed by atoms with van der Waals surface area (Å²) in [6.07, 6.45) is 4.15. The predicted molar refractivity (Wildman–Crippen MR) is 74.9 cm³/mol. The number of carbonyl (C=O) groups is 1. The van der Waals surface area contributed by atoms with Crippen molar-refractivity contribution in [3.05, 3.63) is 53.9 Å². The largest absolute Gasteiger partial charge is 0.504 e. The summed E-state index contributed by atoms with van der Waals surface area (Å²) in [6.45, 7) is 0.473. The van der Waals surface area contributed by atoms with Crippen molar-refractivity contribution in [3.8, 4) is 11.5 Å². The quantitative estimate of drug-likeness (QED) is 0.870. The molecule has 0 aliphatic carbocycles. The summed E-state index contributed by atoms with van der Waals surface area (Å²) in [5.74, 6) is -0.191. The number of aromatic hydroxyl groups is 1. The van der Waals surface area contributed by atoms with Gasteiger partial charge in [0.2, 0.25) is 0 Å². The fraction of sp³-hybridized carbons (Fsp3) is 0.200. The van der Waals surface area contributed by atoms with E-state index in [0.29, 0.717) is 13.0 Å². The van der Waals surface area contributed by atoms with Crippen LogP contribution in [0.3, 0.4) is 0 Å². The highest BCUT2D eigenvalue weighted by Crippen LogP contribution is 2.29. The molecule has 0 bridgehead atoms. The van der Waals surface area contributed by atoms with Crippen LogP contribution in [0.1, 0.15) is 15.9 Å². The fourth-order valence-corrected chi connectivity index (χ4v) is 1.83. The molecule has 1 amide bonds. The maximum atomic E-state index is 12.0. The molecule has 104 valence electrons. The number of nitrogens with zero attached hydrogens (tertiary/aromatic N) is 1. The van der Waals surface area contributed by atoms with Gasteiger partial charge in [0.25, 0.3) is 5.91 Å². The first-order chi connectivity index (χ1) is 9.72. The van der Waals surface area contributed by atoms with Crippen LogP contribution in [0.4, 0.5) is 0 Å². The maximum absolute atomic E-state index is 12.0. The molecule has 5 nitrogen and oxygen atoms in total. The van der Waals surface area contributed by atoms with Gasteiger partial charge < -0.3 is 15.2 Å². The molecule has 5 heteroatoms. The minimum Gasteiger partial charge on any atom is -0.504 e. The van der Waals surface area contributed by atoms with Crippen LogP contribution in [0.15, 0.2) is 42.7 Å². The Bertz CT molecular complexity index is 585. The Kier molecular flexibility index (Phi) is 4.55. The third-order valence-corrected chi connectivity index (χ3v) is 2.89. The van der Waals surface area contributed by atoms with Crippen molar-refractivity contribution in [1.82, 2.24) is 10.3 Å². The van der Waals surface area contributed by atoms with Gasteiger partial charge in [0.05, 0.1) is 12.7 Å². The van der Waals surface area contributed by atoms with Crippen LogP contribution in [0.25, 0.3) is 0 Å². The van der Waals surface area contributed by atoms with Gasteiger partial charge in [-0.1, -0.05) is 12.1 Å². The van der Waals surface area contributed by atoms with Gasteiger partial charge in [0, 0.05) is 18.9 Å². The molecule has 1 heterocycles. The summed E-state index contributed by atoms with van der Waals surface area (Å²) in [5, 5.41) is 12.6. The number of para-hydroxylation sites is 1. The number of aromatic nitrogens is 1. The van der Waals surface area contributed by atoms with E-state index in [1.54, 1.807) is 30.6 Å². The molecule has 0 spiro atoms. The molecule has 0 atom stereocenters. The third kappa shape index (κ3) is 3.26. The second-order valence-corrected chi connectivity index (χ2v) is 4.22. The van der Waals surface area contributed by atoms with Gasteiger partial charge in [0.15, 0.2) is 11.5 Å². The van der Waals surface area contributed by atoms with Gasteiger partial charge >= 0.3 is 0 Å². The van der Waals surface area contributed by atoms with E-state index in [-0.39, 0.29) is 23.0 Å². The summed E-state index contributed by atoms with van der Waals surface area (Å²) in [6, 6.07) is 8.61. The van der Waals surface area contributed by atoms with Crippen LogP contribution in [0, 0.1) is 0 Å². The number of phenols is 1. The lowest BCUT2D eigenvalue weighted by atomic mass is 10.1. The first kappa shape index (κ1) is 13.9. The number of carbonyl (C=O) groups excluding carboxylic acids is 1. The van der Waals surface area contributed by atoms with Crippen molar-refractivity contribution in [2.75, 3.05) is 13.7 Å². The van der Waals surface area contributed by atoms with Gasteiger partial charge in [-0.2, -0.15) is 0 Å². The number of ether oxygens (including phenoxy) is 1. The Labute approximate surface area is 117 Å². The highest BCUT2D eigenvalue weighted by Gasteiger charge is 2.13. The SMILES string of the molecule is COc1cccc(C(=O)NCCc2cccnc2)c1O. The molecule has 2 aromatic rings. The standard InChI is InChI=1S/C15H16N2O3/c1-20-13-6-2-5-12(14(13)18)15(19)17-9-7-11-4-3-8-16-10-11/h2-6,8,10,18H,7,9H2,1H3,(H,17,19). The second-order valence-electron chi connectivity index (χ2n) is 4.22. The summed E-state index contributed by atoms with van der Waals surface area (Å²) < 4.78 is 4.97. The van der Waals surface area contributed by atoms with Crippen LogP contribution in [0.2, 0.25) is 0 Å². The number of nitrogens with one attached hydrogen (secondary N) is 1. The zero-order valence-corrected chi connectivity index (χ0v) is 11.2. The minimum absolute atomic E-state index is 0.145. The monoisotopic (exact) mass is 272 g/mol. The van der Waals surface area contributed by atoms with Gasteiger partial charge in [-0.25, -0.2) is 0 Å². The van der Waals surface area contributed by atoms with E-state index >= 15 is 0 Å². The highest BCUT2D eigenvalue weighted by atomic mass is 16.5. The Morgan fingerprint density at radius 1 is 1.35 bits per heavy atom. The van der Waals surface area contributed by atoms with Crippen LogP contribution in [-0.4, -0.2) is 29.7 Å². The average Bonchev–Trinajstić information content (AvgIpc) is 2.48. The number of benzene rings is 1. The summed E-state index contributed by atoms with van der Waals surface area (Å²) in [4.78, 5) is 16.0. The van der Waals surface area contributed by atoms with Gasteiger partial charge in [-0.05, 0) is 30.2 Å². The van der Waals surface area contributed by atoms with Crippen molar-refractivity contribution in [2.24, 2.45) is 0 Å². The van der Waals surface area contributed by atoms with Gasteiger partial charge in [-0.3, -0.25) is 9.78 Å². The molecule has 2 N–H and O–H groups in total. The predicted octanol–water partition coefficient (Wildman–Crippen LogP) is 1.77. The fourth-order valence-electron chi connectivity index (χ4n) is 1.83. The third-order valence-electron chi connectivity index (χ3n) is 2.89. The first-order valence-corrected chi connectivity index (χ1v) is 6.25. The summed E-state index contributed by atoms with van der Waals surface area (Å²) in [5.41, 5.74) is 1.25. The highest BCUT2D eigenvalue weighted by molar-refractivity contribution is 5.97. The molecule has 0 saturated heterocycles. The molecule has 0 radical (unpaired) electrons. The molecule has 0 unspecified atom stereocenters. The van der Waals surface area contributed by atoms with Gasteiger partial charge in [-0.15, -0.1) is 0 Å². The van der Waals surface area contributed by atoms with E-state index in [4.69, 9.17) is 4.74 Å². The van der Waals surface area contributed by atoms with E-state index < -0.39 is 0 Å². The van der Waals surface area contributed by atoms with Crippen LogP contribution >= 0.6 is 0 Å². The zero-order valence-electron chi connectivity index (χ0n) is 11.2. The molecular weight excluding hydrogens is 256 g/mol. The zero-order chi connectivity index (χ0) is 14.4. The van der Waals surface area contributed by atoms with Crippen molar-refractivity contribution in [3.63, 3.8) is 0 Å². The average molecular weight is 272 g/mol. The van der Waals surface area contributed by atoms with E-state index in [0.717, 1.165) is 5.56 Å². The molecule has 2 rings (SSSR count). The van der Waals surface area contributed by atoms with Crippen molar-refractivity contribution in [1.29, 1.82) is 0 Å². The lowest BCUT2D eigenvalue weighted by Crippen LogP contribution is -2.25. The Morgan fingerprint density at radius 2 is 2.20 bits per heavy atom. The van der Waals surface area contributed by atoms with Crippen molar-refractivity contribution < 1.29 is 14.6 Å². The Hall–Kier alpha value is -2.56. The number of hydrogen-bond donors (Lipinski definition) is 2. The molecule has 1 aromatic carbocycles. The van der Waals surface area contributed by atoms with E-state index in [9.17, 15) is 9.90 Å². The topological polar surface area (TPSA) is 71.5 Å². The molecule has 0 saturated carbocycles. The summed E-state index contributed by atoms with van der Waals surface area (Å²) in [7, 11) is 1.44. The van der Waals surface area contributed by atoms with E-state index in [2.05, 4.69) is 10.3 Å². The maximum Gasteiger partial charge on any atom is 0.255 e.